The van der Waals surface area contributed by atoms with E-state index < -0.39 is 0 Å². The molecule has 5 heteroatoms. The largest absolute Gasteiger partial charge is 0.495 e. The van der Waals surface area contributed by atoms with Gasteiger partial charge in [0.25, 0.3) is 0 Å². The summed E-state index contributed by atoms with van der Waals surface area (Å²) in [6, 6.07) is 12.7. The number of anilines is 1. The zero-order valence-corrected chi connectivity index (χ0v) is 12.6. The summed E-state index contributed by atoms with van der Waals surface area (Å²) in [6.45, 7) is 0.592. The molecule has 2 rings (SSSR count). The summed E-state index contributed by atoms with van der Waals surface area (Å²) in [7, 11) is 2.94. The molecule has 0 unspecified atom stereocenters. The maximum Gasteiger partial charge on any atom is 0.337 e. The Balaban J connectivity index is 2.06. The maximum atomic E-state index is 11.5. The topological polar surface area (TPSA) is 47.6 Å². The zero-order chi connectivity index (χ0) is 15.2. The molecule has 0 spiro atoms. The number of rotatable bonds is 5. The van der Waals surface area contributed by atoms with Crippen LogP contribution >= 0.6 is 11.6 Å². The lowest BCUT2D eigenvalue weighted by molar-refractivity contribution is 0.0601. The Bertz CT molecular complexity index is 643. The molecule has 0 fully saturated rings. The molecule has 0 radical (unpaired) electrons. The number of carbonyl (C=O) groups is 1. The summed E-state index contributed by atoms with van der Waals surface area (Å²) >= 11 is 6.08. The fourth-order valence-electron chi connectivity index (χ4n) is 1.90. The van der Waals surface area contributed by atoms with Gasteiger partial charge in [0.15, 0.2) is 0 Å². The first-order valence-electron chi connectivity index (χ1n) is 6.38. The van der Waals surface area contributed by atoms with Crippen molar-refractivity contribution >= 4 is 23.3 Å². The van der Waals surface area contributed by atoms with Gasteiger partial charge >= 0.3 is 5.97 Å². The minimum Gasteiger partial charge on any atom is -0.495 e. The molecule has 0 saturated heterocycles. The number of hydrogen-bond acceptors (Lipinski definition) is 4. The summed E-state index contributed by atoms with van der Waals surface area (Å²) in [6.07, 6.45) is 0. The van der Waals surface area contributed by atoms with Crippen molar-refractivity contribution < 1.29 is 14.3 Å². The van der Waals surface area contributed by atoms with Crippen LogP contribution in [0.5, 0.6) is 5.75 Å². The van der Waals surface area contributed by atoms with E-state index in [2.05, 4.69) is 5.32 Å². The van der Waals surface area contributed by atoms with E-state index in [4.69, 9.17) is 21.1 Å². The second-order valence-electron chi connectivity index (χ2n) is 4.39. The van der Waals surface area contributed by atoms with Gasteiger partial charge in [0.1, 0.15) is 5.75 Å². The lowest BCUT2D eigenvalue weighted by Gasteiger charge is -2.09. The number of hydrogen-bond donors (Lipinski definition) is 1. The number of esters is 1. The van der Waals surface area contributed by atoms with Gasteiger partial charge in [-0.15, -0.1) is 0 Å². The minimum absolute atomic E-state index is 0.355. The zero-order valence-electron chi connectivity index (χ0n) is 11.9. The molecule has 0 aromatic heterocycles. The molecule has 2 aromatic carbocycles. The van der Waals surface area contributed by atoms with Gasteiger partial charge in [-0.2, -0.15) is 0 Å². The van der Waals surface area contributed by atoms with Crippen molar-refractivity contribution in [1.82, 2.24) is 0 Å². The molecule has 0 aliphatic heterocycles. The number of benzene rings is 2. The van der Waals surface area contributed by atoms with Gasteiger partial charge in [-0.25, -0.2) is 4.79 Å². The van der Waals surface area contributed by atoms with E-state index in [9.17, 15) is 4.79 Å². The highest BCUT2D eigenvalue weighted by Crippen LogP contribution is 2.25. The van der Waals surface area contributed by atoms with E-state index in [1.54, 1.807) is 25.3 Å². The molecule has 0 aliphatic carbocycles. The molecule has 2 aromatic rings. The van der Waals surface area contributed by atoms with E-state index in [-0.39, 0.29) is 5.97 Å². The second-order valence-corrected chi connectivity index (χ2v) is 4.80. The van der Waals surface area contributed by atoms with Crippen LogP contribution in [0.25, 0.3) is 0 Å². The molecular formula is C16H16ClNO3. The fraction of sp³-hybridized carbons (Fsp3) is 0.188. The van der Waals surface area contributed by atoms with Crippen molar-refractivity contribution in [3.63, 3.8) is 0 Å². The van der Waals surface area contributed by atoms with Crippen LogP contribution in [0, 0.1) is 0 Å². The highest BCUT2D eigenvalue weighted by atomic mass is 35.5. The Labute approximate surface area is 128 Å². The van der Waals surface area contributed by atoms with Crippen molar-refractivity contribution in [2.24, 2.45) is 0 Å². The Morgan fingerprint density at radius 1 is 1.19 bits per heavy atom. The van der Waals surface area contributed by atoms with E-state index in [1.807, 2.05) is 24.3 Å². The van der Waals surface area contributed by atoms with Gasteiger partial charge in [0, 0.05) is 12.2 Å². The van der Waals surface area contributed by atoms with Crippen LogP contribution in [0.2, 0.25) is 5.02 Å². The molecule has 4 nitrogen and oxygen atoms in total. The third-order valence-corrected chi connectivity index (χ3v) is 3.29. The van der Waals surface area contributed by atoms with Gasteiger partial charge in [-0.05, 0) is 35.9 Å². The summed E-state index contributed by atoms with van der Waals surface area (Å²) in [5, 5.41) is 3.81. The predicted octanol–water partition coefficient (Wildman–Crippen LogP) is 3.75. The van der Waals surface area contributed by atoms with Crippen LogP contribution in [-0.2, 0) is 11.3 Å². The Morgan fingerprint density at radius 3 is 2.67 bits per heavy atom. The molecule has 0 aliphatic rings. The van der Waals surface area contributed by atoms with Gasteiger partial charge in [-0.1, -0.05) is 23.7 Å². The van der Waals surface area contributed by atoms with Crippen molar-refractivity contribution in [2.75, 3.05) is 19.5 Å². The molecule has 0 saturated carbocycles. The summed E-state index contributed by atoms with van der Waals surface area (Å²) < 4.78 is 9.81. The quantitative estimate of drug-likeness (QED) is 0.855. The second kappa shape index (κ2) is 6.99. The van der Waals surface area contributed by atoms with E-state index >= 15 is 0 Å². The van der Waals surface area contributed by atoms with Gasteiger partial charge in [-0.3, -0.25) is 0 Å². The van der Waals surface area contributed by atoms with Crippen molar-refractivity contribution in [1.29, 1.82) is 0 Å². The number of halogens is 1. The monoisotopic (exact) mass is 305 g/mol. The molecule has 21 heavy (non-hydrogen) atoms. The van der Waals surface area contributed by atoms with Crippen LogP contribution in [0.4, 0.5) is 5.69 Å². The van der Waals surface area contributed by atoms with Crippen molar-refractivity contribution in [3.05, 3.63) is 58.6 Å². The SMILES string of the molecule is COC(=O)c1cccc(NCc2ccc(OC)c(Cl)c2)c1. The van der Waals surface area contributed by atoms with Crippen LogP contribution in [-0.4, -0.2) is 20.2 Å². The van der Waals surface area contributed by atoms with Crippen molar-refractivity contribution in [3.8, 4) is 5.75 Å². The van der Waals surface area contributed by atoms with Crippen LogP contribution < -0.4 is 10.1 Å². The van der Waals surface area contributed by atoms with Crippen molar-refractivity contribution in [2.45, 2.75) is 6.54 Å². The smallest absolute Gasteiger partial charge is 0.337 e. The highest BCUT2D eigenvalue weighted by molar-refractivity contribution is 6.32. The van der Waals surface area contributed by atoms with Gasteiger partial charge in [0.2, 0.25) is 0 Å². The third-order valence-electron chi connectivity index (χ3n) is 3.00. The molecule has 1 N–H and O–H groups in total. The normalized spacial score (nSPS) is 10.0. The first-order valence-corrected chi connectivity index (χ1v) is 6.76. The number of nitrogens with one attached hydrogen (secondary N) is 1. The van der Waals surface area contributed by atoms with E-state index in [0.29, 0.717) is 22.9 Å². The summed E-state index contributed by atoms with van der Waals surface area (Å²) in [4.78, 5) is 11.5. The molecule has 0 amide bonds. The standard InChI is InChI=1S/C16H16ClNO3/c1-20-15-7-6-11(8-14(15)17)10-18-13-5-3-4-12(9-13)16(19)21-2/h3-9,18H,10H2,1-2H3. The van der Waals surface area contributed by atoms with Crippen LogP contribution in [0.1, 0.15) is 15.9 Å². The lowest BCUT2D eigenvalue weighted by atomic mass is 10.2. The number of ether oxygens (including phenoxy) is 2. The molecule has 0 atom stereocenters. The van der Waals surface area contributed by atoms with Gasteiger partial charge < -0.3 is 14.8 Å². The Hall–Kier alpha value is -2.20. The minimum atomic E-state index is -0.355. The third kappa shape index (κ3) is 3.89. The van der Waals surface area contributed by atoms with Crippen LogP contribution in [0.3, 0.4) is 0 Å². The van der Waals surface area contributed by atoms with E-state index in [1.165, 1.54) is 7.11 Å². The molecule has 0 bridgehead atoms. The first-order chi connectivity index (χ1) is 10.1. The highest BCUT2D eigenvalue weighted by Gasteiger charge is 2.06. The van der Waals surface area contributed by atoms with Crippen LogP contribution in [0.15, 0.2) is 42.5 Å². The molecule has 0 heterocycles. The summed E-state index contributed by atoms with van der Waals surface area (Å²) in [5.74, 6) is 0.291. The van der Waals surface area contributed by atoms with E-state index in [0.717, 1.165) is 11.3 Å². The Morgan fingerprint density at radius 2 is 2.00 bits per heavy atom. The molecule has 110 valence electrons. The summed E-state index contributed by atoms with van der Waals surface area (Å²) in [5.41, 5.74) is 2.37. The average Bonchev–Trinajstić information content (AvgIpc) is 2.52. The fourth-order valence-corrected chi connectivity index (χ4v) is 2.18. The van der Waals surface area contributed by atoms with Gasteiger partial charge in [0.05, 0.1) is 24.8 Å². The predicted molar refractivity (Wildman–Crippen MR) is 83.1 cm³/mol. The number of carbonyl (C=O) groups excluding carboxylic acids is 1. The lowest BCUT2D eigenvalue weighted by Crippen LogP contribution is -2.04. The number of methoxy groups -OCH3 is 2. The first kappa shape index (κ1) is 15.2. The average molecular weight is 306 g/mol. The Kier molecular flexibility index (Phi) is 5.06. The molecular weight excluding hydrogens is 290 g/mol. The maximum absolute atomic E-state index is 11.5.